The van der Waals surface area contributed by atoms with Gasteiger partial charge in [-0.1, -0.05) is 40.9 Å². The number of amides is 2. The molecule has 170 valence electrons. The molecule has 6 nitrogen and oxygen atoms in total. The highest BCUT2D eigenvalue weighted by atomic mass is 35.5. The summed E-state index contributed by atoms with van der Waals surface area (Å²) >= 11 is 17.7. The van der Waals surface area contributed by atoms with Gasteiger partial charge in [-0.25, -0.2) is 9.82 Å². The fraction of sp³-hybridized carbons (Fsp3) is 0.0870. The van der Waals surface area contributed by atoms with Gasteiger partial charge in [-0.15, -0.1) is 0 Å². The molecule has 2 amide bonds. The summed E-state index contributed by atoms with van der Waals surface area (Å²) in [6.45, 7) is 1.63. The van der Waals surface area contributed by atoms with Crippen LogP contribution >= 0.6 is 34.8 Å². The predicted octanol–water partition coefficient (Wildman–Crippen LogP) is 5.84. The molecule has 0 bridgehead atoms. The van der Waals surface area contributed by atoms with E-state index in [4.69, 9.17) is 39.5 Å². The minimum atomic E-state index is -0.956. The average Bonchev–Trinajstić information content (AvgIpc) is 2.79. The second kappa shape index (κ2) is 11.1. The summed E-state index contributed by atoms with van der Waals surface area (Å²) in [5.74, 6) is -1.82. The Bertz CT molecular complexity index is 1200. The third-order valence-corrected chi connectivity index (χ3v) is 5.52. The van der Waals surface area contributed by atoms with E-state index in [1.54, 1.807) is 37.3 Å². The molecule has 0 aliphatic heterocycles. The number of nitrogens with zero attached hydrogens (tertiary/aromatic N) is 1. The summed E-state index contributed by atoms with van der Waals surface area (Å²) in [5.41, 5.74) is 3.91. The van der Waals surface area contributed by atoms with E-state index >= 15 is 0 Å². The van der Waals surface area contributed by atoms with Gasteiger partial charge >= 0.3 is 11.8 Å². The number of hydrogen-bond acceptors (Lipinski definition) is 4. The molecule has 3 rings (SSSR count). The van der Waals surface area contributed by atoms with Crippen molar-refractivity contribution in [3.63, 3.8) is 0 Å². The summed E-state index contributed by atoms with van der Waals surface area (Å²) in [5, 5.41) is 7.19. The molecule has 0 saturated heterocycles. The van der Waals surface area contributed by atoms with Crippen molar-refractivity contribution in [2.45, 2.75) is 13.5 Å². The van der Waals surface area contributed by atoms with Crippen LogP contribution in [0, 0.1) is 5.82 Å². The lowest BCUT2D eigenvalue weighted by Crippen LogP contribution is -2.32. The largest absolute Gasteiger partial charge is 0.489 e. The normalized spacial score (nSPS) is 11.1. The number of benzene rings is 3. The lowest BCUT2D eigenvalue weighted by atomic mass is 10.1. The van der Waals surface area contributed by atoms with Crippen LogP contribution in [0.1, 0.15) is 18.1 Å². The van der Waals surface area contributed by atoms with E-state index in [-0.39, 0.29) is 22.2 Å². The van der Waals surface area contributed by atoms with Crippen LogP contribution in [0.4, 0.5) is 10.1 Å². The van der Waals surface area contributed by atoms with Gasteiger partial charge in [-0.2, -0.15) is 5.10 Å². The molecule has 3 aromatic rings. The lowest BCUT2D eigenvalue weighted by Gasteiger charge is -2.09. The van der Waals surface area contributed by atoms with Crippen LogP contribution in [0.15, 0.2) is 65.8 Å². The van der Waals surface area contributed by atoms with Crippen LogP contribution in [-0.2, 0) is 16.2 Å². The fourth-order valence-electron chi connectivity index (χ4n) is 2.63. The van der Waals surface area contributed by atoms with E-state index in [1.165, 1.54) is 30.3 Å². The van der Waals surface area contributed by atoms with Gasteiger partial charge < -0.3 is 10.1 Å². The zero-order valence-electron chi connectivity index (χ0n) is 17.2. The number of carbonyl (C=O) groups is 2. The number of nitrogens with one attached hydrogen (secondary N) is 2. The predicted molar refractivity (Wildman–Crippen MR) is 128 cm³/mol. The molecule has 0 fully saturated rings. The van der Waals surface area contributed by atoms with E-state index in [1.807, 2.05) is 0 Å². The Labute approximate surface area is 204 Å². The standard InChI is InChI=1S/C23H17Cl3FN3O3/c1-13(29-30-23(32)22(31)28-15-7-10-19(25)20(26)11-15)14-5-8-16(9-6-14)33-12-17-18(24)3-2-4-21(17)27/h2-11H,12H2,1H3,(H,28,31)(H,30,32)/b29-13+. The van der Waals surface area contributed by atoms with Gasteiger partial charge in [0, 0.05) is 11.3 Å². The molecular weight excluding hydrogens is 492 g/mol. The Kier molecular flexibility index (Phi) is 8.27. The van der Waals surface area contributed by atoms with Crippen molar-refractivity contribution in [2.75, 3.05) is 5.32 Å². The number of hydrogen-bond donors (Lipinski definition) is 2. The van der Waals surface area contributed by atoms with Gasteiger partial charge in [-0.3, -0.25) is 9.59 Å². The maximum Gasteiger partial charge on any atom is 0.329 e. The summed E-state index contributed by atoms with van der Waals surface area (Å²) < 4.78 is 19.4. The first-order valence-electron chi connectivity index (χ1n) is 9.51. The smallest absolute Gasteiger partial charge is 0.329 e. The third kappa shape index (κ3) is 6.68. The molecule has 0 aliphatic rings. The average molecular weight is 509 g/mol. The molecule has 10 heteroatoms. The third-order valence-electron chi connectivity index (χ3n) is 4.43. The molecule has 0 atom stereocenters. The molecule has 0 aliphatic carbocycles. The van der Waals surface area contributed by atoms with Gasteiger partial charge in [0.2, 0.25) is 0 Å². The molecule has 33 heavy (non-hydrogen) atoms. The van der Waals surface area contributed by atoms with Gasteiger partial charge in [0.15, 0.2) is 0 Å². The van der Waals surface area contributed by atoms with E-state index < -0.39 is 17.6 Å². The Balaban J connectivity index is 1.56. The maximum atomic E-state index is 13.8. The van der Waals surface area contributed by atoms with Crippen LogP contribution < -0.4 is 15.5 Å². The molecule has 0 heterocycles. The van der Waals surface area contributed by atoms with Gasteiger partial charge in [-0.05, 0) is 67.1 Å². The van der Waals surface area contributed by atoms with Crippen molar-refractivity contribution in [2.24, 2.45) is 5.10 Å². The number of carbonyl (C=O) groups excluding carboxylic acids is 2. The number of halogens is 4. The summed E-state index contributed by atoms with van der Waals surface area (Å²) in [7, 11) is 0. The first-order chi connectivity index (χ1) is 15.7. The molecule has 0 aromatic heterocycles. The fourth-order valence-corrected chi connectivity index (χ4v) is 3.15. The number of anilines is 1. The molecule has 2 N–H and O–H groups in total. The second-order valence-corrected chi connectivity index (χ2v) is 7.96. The Morgan fingerprint density at radius 1 is 0.939 bits per heavy atom. The van der Waals surface area contributed by atoms with Gasteiger partial charge in [0.1, 0.15) is 18.2 Å². The topological polar surface area (TPSA) is 79.8 Å². The van der Waals surface area contributed by atoms with Crippen LogP contribution in [0.25, 0.3) is 0 Å². The van der Waals surface area contributed by atoms with Gasteiger partial charge in [0.05, 0.1) is 20.8 Å². The van der Waals surface area contributed by atoms with E-state index in [0.29, 0.717) is 27.7 Å². The van der Waals surface area contributed by atoms with Crippen LogP contribution in [0.2, 0.25) is 15.1 Å². The quantitative estimate of drug-likeness (QED) is 0.249. The van der Waals surface area contributed by atoms with Crippen LogP contribution in [0.5, 0.6) is 5.75 Å². The lowest BCUT2D eigenvalue weighted by molar-refractivity contribution is -0.136. The molecule has 0 radical (unpaired) electrons. The molecule has 0 saturated carbocycles. The summed E-state index contributed by atoms with van der Waals surface area (Å²) in [6, 6.07) is 15.6. The second-order valence-electron chi connectivity index (χ2n) is 6.73. The van der Waals surface area contributed by atoms with Crippen molar-refractivity contribution in [1.82, 2.24) is 5.43 Å². The molecule has 0 spiro atoms. The first kappa shape index (κ1) is 24.5. The SMILES string of the molecule is C/C(=N\NC(=O)C(=O)Nc1ccc(Cl)c(Cl)c1)c1ccc(OCc2c(F)cccc2Cl)cc1. The monoisotopic (exact) mass is 507 g/mol. The van der Waals surface area contributed by atoms with Crippen molar-refractivity contribution < 1.29 is 18.7 Å². The Morgan fingerprint density at radius 3 is 2.33 bits per heavy atom. The van der Waals surface area contributed by atoms with E-state index in [0.717, 1.165) is 0 Å². The minimum Gasteiger partial charge on any atom is -0.489 e. The zero-order chi connectivity index (χ0) is 24.0. The van der Waals surface area contributed by atoms with Crippen LogP contribution in [-0.4, -0.2) is 17.5 Å². The van der Waals surface area contributed by atoms with Crippen LogP contribution in [0.3, 0.4) is 0 Å². The van der Waals surface area contributed by atoms with Crippen molar-refractivity contribution in [3.8, 4) is 5.75 Å². The summed E-state index contributed by atoms with van der Waals surface area (Å²) in [6.07, 6.45) is 0. The summed E-state index contributed by atoms with van der Waals surface area (Å²) in [4.78, 5) is 24.0. The Morgan fingerprint density at radius 2 is 1.67 bits per heavy atom. The number of hydrazone groups is 1. The Hall–Kier alpha value is -3.13. The molecule has 3 aromatic carbocycles. The number of rotatable bonds is 6. The highest BCUT2D eigenvalue weighted by Crippen LogP contribution is 2.25. The minimum absolute atomic E-state index is 0.0259. The highest BCUT2D eigenvalue weighted by molar-refractivity contribution is 6.43. The first-order valence-corrected chi connectivity index (χ1v) is 10.6. The highest BCUT2D eigenvalue weighted by Gasteiger charge is 2.14. The zero-order valence-corrected chi connectivity index (χ0v) is 19.4. The maximum absolute atomic E-state index is 13.8. The van der Waals surface area contributed by atoms with E-state index in [9.17, 15) is 14.0 Å². The van der Waals surface area contributed by atoms with Crippen molar-refractivity contribution in [3.05, 3.63) is 92.7 Å². The van der Waals surface area contributed by atoms with Gasteiger partial charge in [0.25, 0.3) is 0 Å². The van der Waals surface area contributed by atoms with Crippen molar-refractivity contribution >= 4 is 58.0 Å². The molecule has 0 unspecified atom stereocenters. The van der Waals surface area contributed by atoms with Crippen molar-refractivity contribution in [1.29, 1.82) is 0 Å². The van der Waals surface area contributed by atoms with E-state index in [2.05, 4.69) is 15.8 Å². The molecular formula is C23H17Cl3FN3O3. The number of ether oxygens (including phenoxy) is 1.